The molecule has 0 bridgehead atoms. The third-order valence-corrected chi connectivity index (χ3v) is 3.41. The molecule has 98 valence electrons. The van der Waals surface area contributed by atoms with Gasteiger partial charge in [-0.2, -0.15) is 5.10 Å². The van der Waals surface area contributed by atoms with Crippen LogP contribution in [0.4, 0.5) is 0 Å². The lowest BCUT2D eigenvalue weighted by atomic mass is 10.2. The third-order valence-electron chi connectivity index (χ3n) is 3.41. The number of fused-ring (bicyclic) bond motifs is 1. The molecule has 0 aliphatic carbocycles. The summed E-state index contributed by atoms with van der Waals surface area (Å²) in [5.74, 6) is 0. The molecule has 4 heteroatoms. The molecular formula is C15H17N3O. The van der Waals surface area contributed by atoms with E-state index in [-0.39, 0.29) is 6.61 Å². The maximum atomic E-state index is 9.43. The number of benzene rings is 1. The van der Waals surface area contributed by atoms with Gasteiger partial charge >= 0.3 is 0 Å². The molecule has 0 fully saturated rings. The van der Waals surface area contributed by atoms with E-state index < -0.39 is 0 Å². The standard InChI is InChI=1S/C15H17N3O/c1-2-18-9-12(7-16-18)8-17-10-13(11-19)14-5-3-4-6-15(14)17/h3-7,9-10,19H,2,8,11H2,1H3. The fourth-order valence-corrected chi connectivity index (χ4v) is 2.44. The topological polar surface area (TPSA) is 43.0 Å². The molecule has 0 unspecified atom stereocenters. The molecule has 0 aliphatic heterocycles. The van der Waals surface area contributed by atoms with E-state index in [1.807, 2.05) is 35.3 Å². The molecule has 1 N–H and O–H groups in total. The summed E-state index contributed by atoms with van der Waals surface area (Å²) in [5, 5.41) is 14.8. The molecular weight excluding hydrogens is 238 g/mol. The molecule has 0 radical (unpaired) electrons. The highest BCUT2D eigenvalue weighted by atomic mass is 16.3. The summed E-state index contributed by atoms with van der Waals surface area (Å²) in [7, 11) is 0. The van der Waals surface area contributed by atoms with Gasteiger partial charge in [0, 0.05) is 41.0 Å². The highest BCUT2D eigenvalue weighted by molar-refractivity contribution is 5.83. The van der Waals surface area contributed by atoms with Gasteiger partial charge < -0.3 is 9.67 Å². The number of hydrogen-bond donors (Lipinski definition) is 1. The predicted octanol–water partition coefficient (Wildman–Crippen LogP) is 2.40. The van der Waals surface area contributed by atoms with Gasteiger partial charge in [0.25, 0.3) is 0 Å². The Bertz CT molecular complexity index is 696. The maximum Gasteiger partial charge on any atom is 0.0702 e. The number of para-hydroxylation sites is 1. The molecule has 4 nitrogen and oxygen atoms in total. The van der Waals surface area contributed by atoms with Crippen molar-refractivity contribution in [2.24, 2.45) is 0 Å². The van der Waals surface area contributed by atoms with Crippen molar-refractivity contribution < 1.29 is 5.11 Å². The number of rotatable bonds is 4. The molecule has 0 amide bonds. The van der Waals surface area contributed by atoms with Gasteiger partial charge in [-0.05, 0) is 13.0 Å². The van der Waals surface area contributed by atoms with Crippen molar-refractivity contribution in [3.05, 3.63) is 54.0 Å². The van der Waals surface area contributed by atoms with Crippen LogP contribution < -0.4 is 0 Å². The SMILES string of the molecule is CCn1cc(Cn2cc(CO)c3ccccc32)cn1. The largest absolute Gasteiger partial charge is 0.392 e. The van der Waals surface area contributed by atoms with E-state index in [0.29, 0.717) is 0 Å². The monoisotopic (exact) mass is 255 g/mol. The van der Waals surface area contributed by atoms with Crippen molar-refractivity contribution in [1.82, 2.24) is 14.3 Å². The summed E-state index contributed by atoms with van der Waals surface area (Å²) in [6.45, 7) is 3.81. The number of aliphatic hydroxyl groups is 1. The number of aromatic nitrogens is 3. The minimum atomic E-state index is 0.0712. The Morgan fingerprint density at radius 2 is 2.05 bits per heavy atom. The van der Waals surface area contributed by atoms with Gasteiger partial charge in [-0.1, -0.05) is 18.2 Å². The Morgan fingerprint density at radius 1 is 1.21 bits per heavy atom. The third kappa shape index (κ3) is 2.15. The highest BCUT2D eigenvalue weighted by Crippen LogP contribution is 2.22. The van der Waals surface area contributed by atoms with Gasteiger partial charge in [0.15, 0.2) is 0 Å². The zero-order valence-electron chi connectivity index (χ0n) is 11.0. The van der Waals surface area contributed by atoms with E-state index >= 15 is 0 Å². The van der Waals surface area contributed by atoms with E-state index in [1.165, 1.54) is 5.56 Å². The van der Waals surface area contributed by atoms with E-state index in [9.17, 15) is 5.11 Å². The molecule has 0 saturated heterocycles. The Kier molecular flexibility index (Phi) is 3.09. The minimum absolute atomic E-state index is 0.0712. The molecule has 0 spiro atoms. The van der Waals surface area contributed by atoms with Crippen LogP contribution in [0.15, 0.2) is 42.9 Å². The Balaban J connectivity index is 2.00. The Hall–Kier alpha value is -2.07. The molecule has 0 aliphatic rings. The maximum absolute atomic E-state index is 9.43. The van der Waals surface area contributed by atoms with Crippen LogP contribution >= 0.6 is 0 Å². The second-order valence-corrected chi connectivity index (χ2v) is 4.66. The summed E-state index contributed by atoms with van der Waals surface area (Å²) in [6.07, 6.45) is 5.98. The summed E-state index contributed by atoms with van der Waals surface area (Å²) in [4.78, 5) is 0. The van der Waals surface area contributed by atoms with Crippen LogP contribution in [0.25, 0.3) is 10.9 Å². The minimum Gasteiger partial charge on any atom is -0.392 e. The van der Waals surface area contributed by atoms with Crippen molar-refractivity contribution in [2.75, 3.05) is 0 Å². The second-order valence-electron chi connectivity index (χ2n) is 4.66. The molecule has 0 saturated carbocycles. The van der Waals surface area contributed by atoms with Gasteiger partial charge in [-0.25, -0.2) is 0 Å². The Morgan fingerprint density at radius 3 is 2.79 bits per heavy atom. The highest BCUT2D eigenvalue weighted by Gasteiger charge is 2.08. The fraction of sp³-hybridized carbons (Fsp3) is 0.267. The van der Waals surface area contributed by atoms with Crippen LogP contribution in [0.2, 0.25) is 0 Å². The molecule has 19 heavy (non-hydrogen) atoms. The number of aliphatic hydroxyl groups excluding tert-OH is 1. The Labute approximate surface area is 111 Å². The van der Waals surface area contributed by atoms with Crippen LogP contribution in [-0.2, 0) is 19.7 Å². The fourth-order valence-electron chi connectivity index (χ4n) is 2.44. The lowest BCUT2D eigenvalue weighted by Gasteiger charge is -2.02. The van der Waals surface area contributed by atoms with E-state index in [0.717, 1.165) is 29.6 Å². The number of aryl methyl sites for hydroxylation is 1. The molecule has 3 rings (SSSR count). The van der Waals surface area contributed by atoms with Gasteiger partial charge in [0.05, 0.1) is 19.3 Å². The van der Waals surface area contributed by atoms with E-state index in [2.05, 4.69) is 28.9 Å². The van der Waals surface area contributed by atoms with E-state index in [4.69, 9.17) is 0 Å². The average Bonchev–Trinajstić information content (AvgIpc) is 3.04. The second kappa shape index (κ2) is 4.90. The summed E-state index contributed by atoms with van der Waals surface area (Å²) in [6, 6.07) is 8.15. The zero-order valence-corrected chi connectivity index (χ0v) is 11.0. The van der Waals surface area contributed by atoms with Crippen LogP contribution in [0.1, 0.15) is 18.1 Å². The van der Waals surface area contributed by atoms with Crippen molar-refractivity contribution in [2.45, 2.75) is 26.6 Å². The average molecular weight is 255 g/mol. The van der Waals surface area contributed by atoms with E-state index in [1.54, 1.807) is 0 Å². The van der Waals surface area contributed by atoms with Gasteiger partial charge in [-0.3, -0.25) is 4.68 Å². The van der Waals surface area contributed by atoms with Crippen molar-refractivity contribution in [1.29, 1.82) is 0 Å². The molecule has 3 aromatic rings. The summed E-state index contributed by atoms with van der Waals surface area (Å²) in [5.41, 5.74) is 3.29. The van der Waals surface area contributed by atoms with Crippen molar-refractivity contribution in [3.63, 3.8) is 0 Å². The zero-order chi connectivity index (χ0) is 13.2. The lowest BCUT2D eigenvalue weighted by Crippen LogP contribution is -1.97. The summed E-state index contributed by atoms with van der Waals surface area (Å²) >= 11 is 0. The van der Waals surface area contributed by atoms with Crippen LogP contribution in [0.5, 0.6) is 0 Å². The first-order chi connectivity index (χ1) is 9.31. The van der Waals surface area contributed by atoms with Crippen molar-refractivity contribution in [3.8, 4) is 0 Å². The quantitative estimate of drug-likeness (QED) is 0.778. The van der Waals surface area contributed by atoms with Gasteiger partial charge in [0.2, 0.25) is 0 Å². The number of hydrogen-bond acceptors (Lipinski definition) is 2. The molecule has 2 heterocycles. The normalized spacial score (nSPS) is 11.3. The van der Waals surface area contributed by atoms with Crippen LogP contribution in [0, 0.1) is 0 Å². The van der Waals surface area contributed by atoms with Crippen LogP contribution in [-0.4, -0.2) is 19.5 Å². The van der Waals surface area contributed by atoms with Crippen molar-refractivity contribution >= 4 is 10.9 Å². The molecule has 1 aromatic carbocycles. The van der Waals surface area contributed by atoms with Crippen LogP contribution in [0.3, 0.4) is 0 Å². The molecule has 0 atom stereocenters. The lowest BCUT2D eigenvalue weighted by molar-refractivity contribution is 0.283. The van der Waals surface area contributed by atoms with Gasteiger partial charge in [-0.15, -0.1) is 0 Å². The summed E-state index contributed by atoms with van der Waals surface area (Å²) < 4.78 is 4.09. The molecule has 2 aromatic heterocycles. The number of nitrogens with zero attached hydrogens (tertiary/aromatic N) is 3. The first-order valence-corrected chi connectivity index (χ1v) is 6.50. The first kappa shape index (κ1) is 12.0. The first-order valence-electron chi connectivity index (χ1n) is 6.50. The predicted molar refractivity (Wildman–Crippen MR) is 74.9 cm³/mol. The van der Waals surface area contributed by atoms with Gasteiger partial charge in [0.1, 0.15) is 0 Å². The smallest absolute Gasteiger partial charge is 0.0702 e.